The first-order valence-corrected chi connectivity index (χ1v) is 19.0. The number of nitrogens with zero attached hydrogens (tertiary/aromatic N) is 1. The van der Waals surface area contributed by atoms with Crippen molar-refractivity contribution in [3.63, 3.8) is 0 Å². The number of hydrogen-bond donors (Lipinski definition) is 0. The molecular formula is C41H41B2Br2NO4. The van der Waals surface area contributed by atoms with E-state index in [0.717, 1.165) is 43.4 Å². The summed E-state index contributed by atoms with van der Waals surface area (Å²) in [5.74, 6) is 0.586. The highest BCUT2D eigenvalue weighted by atomic mass is 79.9. The smallest absolute Gasteiger partial charge is 0.405 e. The molecule has 0 radical (unpaired) electrons. The third-order valence-electron chi connectivity index (χ3n) is 10.0. The van der Waals surface area contributed by atoms with Crippen LogP contribution in [0.5, 0.6) is 0 Å². The van der Waals surface area contributed by atoms with Gasteiger partial charge in [0.15, 0.2) is 0 Å². The molecule has 2 saturated heterocycles. The predicted molar refractivity (Wildman–Crippen MR) is 214 cm³/mol. The molecule has 1 aliphatic carbocycles. The minimum Gasteiger partial charge on any atom is -0.405 e. The van der Waals surface area contributed by atoms with Gasteiger partial charge >= 0.3 is 14.2 Å². The Hall–Kier alpha value is -3.17. The molecule has 0 amide bonds. The molecule has 0 spiro atoms. The van der Waals surface area contributed by atoms with E-state index in [1.807, 2.05) is 0 Å². The number of halogens is 2. The van der Waals surface area contributed by atoms with Crippen LogP contribution in [-0.4, -0.2) is 40.7 Å². The molecule has 5 nitrogen and oxygen atoms in total. The van der Waals surface area contributed by atoms with Gasteiger partial charge in [-0.1, -0.05) is 108 Å². The van der Waals surface area contributed by atoms with Crippen molar-refractivity contribution in [1.29, 1.82) is 0 Å². The highest BCUT2D eigenvalue weighted by Crippen LogP contribution is 2.48. The largest absolute Gasteiger partial charge is 0.494 e. The van der Waals surface area contributed by atoms with Gasteiger partial charge < -0.3 is 23.5 Å². The molecule has 1 unspecified atom stereocenters. The second-order valence-corrected chi connectivity index (χ2v) is 15.4. The van der Waals surface area contributed by atoms with Gasteiger partial charge in [0.2, 0.25) is 0 Å². The molecule has 2 heterocycles. The van der Waals surface area contributed by atoms with Gasteiger partial charge in [-0.25, -0.2) is 0 Å². The minimum absolute atomic E-state index is 0.0755. The molecule has 0 aromatic heterocycles. The van der Waals surface area contributed by atoms with Gasteiger partial charge in [0.25, 0.3) is 0 Å². The number of fused-ring (bicyclic) bond motifs is 3. The molecule has 9 heteroatoms. The lowest BCUT2D eigenvalue weighted by Crippen LogP contribution is -2.33. The van der Waals surface area contributed by atoms with Crippen molar-refractivity contribution >= 4 is 74.1 Å². The molecule has 5 aromatic carbocycles. The maximum atomic E-state index is 5.68. The fraction of sp³-hybridized carbons (Fsp3) is 0.268. The predicted octanol–water partition coefficient (Wildman–Crippen LogP) is 9.67. The van der Waals surface area contributed by atoms with Crippen LogP contribution in [-0.2, 0) is 24.0 Å². The normalized spacial score (nSPS) is 16.4. The van der Waals surface area contributed by atoms with Crippen molar-refractivity contribution < 1.29 is 18.6 Å². The van der Waals surface area contributed by atoms with Gasteiger partial charge in [0, 0.05) is 31.4 Å². The Kier molecular flexibility index (Phi) is 10.7. The van der Waals surface area contributed by atoms with Crippen LogP contribution in [0.4, 0.5) is 17.1 Å². The summed E-state index contributed by atoms with van der Waals surface area (Å²) < 4.78 is 24.9. The van der Waals surface area contributed by atoms with E-state index in [-0.39, 0.29) is 19.7 Å². The van der Waals surface area contributed by atoms with Crippen LogP contribution in [0, 0.1) is 0 Å². The van der Waals surface area contributed by atoms with E-state index in [2.05, 4.69) is 174 Å². The van der Waals surface area contributed by atoms with Gasteiger partial charge in [0.1, 0.15) is 0 Å². The van der Waals surface area contributed by atoms with E-state index in [4.69, 9.17) is 18.6 Å². The second kappa shape index (κ2) is 15.2. The molecular weight excluding hydrogens is 752 g/mol. The Bertz CT molecular complexity index is 1810. The van der Waals surface area contributed by atoms with E-state index in [1.165, 1.54) is 27.8 Å². The summed E-state index contributed by atoms with van der Waals surface area (Å²) >= 11 is 7.05. The zero-order chi connectivity index (χ0) is 34.8. The summed E-state index contributed by atoms with van der Waals surface area (Å²) in [7, 11) is -0.471. The highest BCUT2D eigenvalue weighted by molar-refractivity contribution is 9.10. The Morgan fingerprint density at radius 3 is 1.36 bits per heavy atom. The highest BCUT2D eigenvalue weighted by Gasteiger charge is 2.39. The summed E-state index contributed by atoms with van der Waals surface area (Å²) in [5.41, 5.74) is 12.2. The average Bonchev–Trinajstić information content (AvgIpc) is 3.92. The van der Waals surface area contributed by atoms with Gasteiger partial charge in [-0.15, -0.1) is 0 Å². The molecule has 8 rings (SSSR count). The first-order valence-electron chi connectivity index (χ1n) is 17.4. The van der Waals surface area contributed by atoms with E-state index >= 15 is 0 Å². The lowest BCUT2D eigenvalue weighted by atomic mass is 9.73. The second-order valence-electron chi connectivity index (χ2n) is 13.6. The Balaban J connectivity index is 0.000000157. The molecule has 2 aliphatic heterocycles. The van der Waals surface area contributed by atoms with Crippen molar-refractivity contribution in [2.75, 3.05) is 31.3 Å². The Morgan fingerprint density at radius 1 is 0.600 bits per heavy atom. The van der Waals surface area contributed by atoms with Crippen molar-refractivity contribution in [2.45, 2.75) is 45.4 Å². The number of rotatable bonds is 7. The first-order chi connectivity index (χ1) is 24.2. The number of benzene rings is 5. The van der Waals surface area contributed by atoms with Crippen LogP contribution in [0.15, 0.2) is 118 Å². The summed E-state index contributed by atoms with van der Waals surface area (Å²) in [6, 6.07) is 38.9. The van der Waals surface area contributed by atoms with E-state index in [0.29, 0.717) is 32.3 Å². The third kappa shape index (κ3) is 7.27. The van der Waals surface area contributed by atoms with Crippen LogP contribution in [0.1, 0.15) is 56.7 Å². The molecule has 1 atom stereocenters. The molecule has 0 saturated carbocycles. The van der Waals surface area contributed by atoms with Gasteiger partial charge in [-0.05, 0) is 112 Å². The zero-order valence-corrected chi connectivity index (χ0v) is 32.2. The molecule has 0 N–H and O–H groups in total. The SMILES string of the molecule is CC1(C)c2cc(B3OCCO3)ccc2-c2ccc(B3OCCO3)cc21.CCC(C)c1ccc(N(c2ccc(Br)cc2)c2ccc(Br)cc2)cc1. The van der Waals surface area contributed by atoms with Crippen molar-refractivity contribution in [2.24, 2.45) is 0 Å². The fourth-order valence-electron chi connectivity index (χ4n) is 6.98. The van der Waals surface area contributed by atoms with E-state index < -0.39 is 0 Å². The zero-order valence-electron chi connectivity index (χ0n) is 29.0. The van der Waals surface area contributed by atoms with Crippen LogP contribution in [0.3, 0.4) is 0 Å². The van der Waals surface area contributed by atoms with Crippen LogP contribution in [0.2, 0.25) is 0 Å². The molecule has 0 bridgehead atoms. The maximum Gasteiger partial charge on any atom is 0.494 e. The molecule has 254 valence electrons. The Morgan fingerprint density at radius 2 is 0.980 bits per heavy atom. The quantitative estimate of drug-likeness (QED) is 0.154. The van der Waals surface area contributed by atoms with Gasteiger partial charge in [-0.3, -0.25) is 0 Å². The summed E-state index contributed by atoms with van der Waals surface area (Å²) in [6.07, 6.45) is 1.16. The lowest BCUT2D eigenvalue weighted by Gasteiger charge is -2.26. The van der Waals surface area contributed by atoms with Gasteiger partial charge in [-0.2, -0.15) is 0 Å². The topological polar surface area (TPSA) is 40.2 Å². The standard InChI is InChI=1S/C22H21Br2N.C19H20B2O4/c1-3-16(2)17-4-10-20(11-5-17)25(21-12-6-18(23)7-13-21)22-14-8-19(24)9-15-22;1-19(2)17-11-13(20-22-7-8-23-20)3-5-15(17)16-6-4-14(12-18(16)19)21-24-9-10-25-21/h4-16H,3H2,1-2H3;3-6,11-12H,7-10H2,1-2H3. The molecule has 50 heavy (non-hydrogen) atoms. The first kappa shape index (κ1) is 35.2. The monoisotopic (exact) mass is 791 g/mol. The van der Waals surface area contributed by atoms with Crippen LogP contribution < -0.4 is 15.8 Å². The van der Waals surface area contributed by atoms with Gasteiger partial charge in [0.05, 0.1) is 26.4 Å². The maximum absolute atomic E-state index is 5.68. The summed E-state index contributed by atoms with van der Waals surface area (Å²) in [4.78, 5) is 2.28. The van der Waals surface area contributed by atoms with Crippen molar-refractivity contribution in [1.82, 2.24) is 0 Å². The van der Waals surface area contributed by atoms with Crippen molar-refractivity contribution in [3.05, 3.63) is 135 Å². The number of anilines is 3. The van der Waals surface area contributed by atoms with Crippen molar-refractivity contribution in [3.8, 4) is 11.1 Å². The molecule has 3 aliphatic rings. The molecule has 2 fully saturated rings. The van der Waals surface area contributed by atoms with E-state index in [1.54, 1.807) is 0 Å². The minimum atomic E-state index is -0.235. The third-order valence-corrected chi connectivity index (χ3v) is 11.1. The summed E-state index contributed by atoms with van der Waals surface area (Å²) in [5, 5.41) is 0. The van der Waals surface area contributed by atoms with Crippen LogP contribution in [0.25, 0.3) is 11.1 Å². The van der Waals surface area contributed by atoms with Crippen LogP contribution >= 0.6 is 31.9 Å². The molecule has 5 aromatic rings. The Labute approximate surface area is 313 Å². The lowest BCUT2D eigenvalue weighted by molar-refractivity contribution is 0.365. The fourth-order valence-corrected chi connectivity index (χ4v) is 7.51. The number of hydrogen-bond acceptors (Lipinski definition) is 5. The summed E-state index contributed by atoms with van der Waals surface area (Å²) in [6.45, 7) is 11.7. The van der Waals surface area contributed by atoms with E-state index in [9.17, 15) is 0 Å². The average molecular weight is 793 g/mol.